The molecule has 5 nitrogen and oxygen atoms in total. The molecule has 0 radical (unpaired) electrons. The Labute approximate surface area is 101 Å². The van der Waals surface area contributed by atoms with Crippen LogP contribution in [-0.4, -0.2) is 42.3 Å². The number of rotatable bonds is 1. The Balaban J connectivity index is 1.98. The molecule has 3 unspecified atom stereocenters. The van der Waals surface area contributed by atoms with Crippen molar-refractivity contribution < 1.29 is 19.1 Å². The number of carbonyl (C=O) groups is 2. The van der Waals surface area contributed by atoms with E-state index in [1.54, 1.807) is 4.90 Å². The maximum absolute atomic E-state index is 11.9. The number of ether oxygens (including phenoxy) is 2. The van der Waals surface area contributed by atoms with E-state index in [1.165, 1.54) is 7.11 Å². The summed E-state index contributed by atoms with van der Waals surface area (Å²) in [5.41, 5.74) is -0.495. The van der Waals surface area contributed by atoms with Gasteiger partial charge in [0.25, 0.3) is 0 Å². The lowest BCUT2D eigenvalue weighted by atomic mass is 9.74. The highest BCUT2D eigenvalue weighted by molar-refractivity contribution is 5.78. The van der Waals surface area contributed by atoms with Gasteiger partial charge in [0.15, 0.2) is 0 Å². The topological polar surface area (TPSA) is 55.8 Å². The molecule has 2 aliphatic heterocycles. The van der Waals surface area contributed by atoms with Crippen molar-refractivity contribution >= 4 is 12.1 Å². The Bertz CT molecular complexity index is 347. The quantitative estimate of drug-likeness (QED) is 0.651. The van der Waals surface area contributed by atoms with Gasteiger partial charge in [-0.15, -0.1) is 0 Å². The van der Waals surface area contributed by atoms with Gasteiger partial charge in [0.2, 0.25) is 0 Å². The number of methoxy groups -OCH3 is 1. The Kier molecular flexibility index (Phi) is 2.79. The summed E-state index contributed by atoms with van der Waals surface area (Å²) >= 11 is 0. The average Bonchev–Trinajstić information content (AvgIpc) is 2.71. The van der Waals surface area contributed by atoms with Gasteiger partial charge in [-0.05, 0) is 33.1 Å². The van der Waals surface area contributed by atoms with E-state index in [1.807, 2.05) is 20.8 Å². The molecule has 1 aliphatic carbocycles. The molecular formula is C12H19NO4. The third-order valence-electron chi connectivity index (χ3n) is 3.40. The molecule has 0 aromatic heterocycles. The number of carbonyl (C=O) groups excluding carboxylic acids is 2. The lowest BCUT2D eigenvalue weighted by molar-refractivity contribution is -0.151. The van der Waals surface area contributed by atoms with E-state index in [4.69, 9.17) is 9.47 Å². The third kappa shape index (κ3) is 2.10. The van der Waals surface area contributed by atoms with Gasteiger partial charge in [-0.3, -0.25) is 4.79 Å². The third-order valence-corrected chi connectivity index (χ3v) is 3.40. The summed E-state index contributed by atoms with van der Waals surface area (Å²) in [6.07, 6.45) is 0.565. The summed E-state index contributed by atoms with van der Waals surface area (Å²) in [7, 11) is 1.39. The molecule has 0 aromatic rings. The van der Waals surface area contributed by atoms with Crippen molar-refractivity contribution in [1.82, 2.24) is 4.90 Å². The van der Waals surface area contributed by atoms with Crippen LogP contribution < -0.4 is 0 Å². The van der Waals surface area contributed by atoms with Crippen LogP contribution in [0, 0.1) is 11.8 Å². The Morgan fingerprint density at radius 2 is 1.94 bits per heavy atom. The van der Waals surface area contributed by atoms with E-state index in [9.17, 15) is 9.59 Å². The largest absolute Gasteiger partial charge is 0.469 e. The van der Waals surface area contributed by atoms with Crippen LogP contribution in [0.4, 0.5) is 4.79 Å². The first-order chi connectivity index (χ1) is 7.83. The van der Waals surface area contributed by atoms with Gasteiger partial charge < -0.3 is 14.4 Å². The van der Waals surface area contributed by atoms with Crippen molar-refractivity contribution in [1.29, 1.82) is 0 Å². The standard InChI is InChI=1S/C12H19NO4/c1-12(2,3)17-11(15)13-6-7-5-8(13)9(7)10(14)16-4/h7-9H,5-6H2,1-4H3. The molecule has 3 atom stereocenters. The van der Waals surface area contributed by atoms with Gasteiger partial charge >= 0.3 is 12.1 Å². The monoisotopic (exact) mass is 241 g/mol. The summed E-state index contributed by atoms with van der Waals surface area (Å²) in [6, 6.07) is -0.0256. The molecule has 1 amide bonds. The highest BCUT2D eigenvalue weighted by Gasteiger charge is 2.58. The fourth-order valence-corrected chi connectivity index (χ4v) is 2.64. The molecule has 17 heavy (non-hydrogen) atoms. The minimum atomic E-state index is -0.495. The van der Waals surface area contributed by atoms with Crippen molar-refractivity contribution in [3.05, 3.63) is 0 Å². The van der Waals surface area contributed by atoms with Crippen LogP contribution in [0.5, 0.6) is 0 Å². The summed E-state index contributed by atoms with van der Waals surface area (Å²) < 4.78 is 10.1. The SMILES string of the molecule is COC(=O)C1C2CC1N(C(=O)OC(C)(C)C)C2. The predicted octanol–water partition coefficient (Wildman–Crippen LogP) is 1.41. The maximum Gasteiger partial charge on any atom is 0.410 e. The number of fused-ring (bicyclic) bond motifs is 1. The minimum Gasteiger partial charge on any atom is -0.469 e. The van der Waals surface area contributed by atoms with Gasteiger partial charge in [0.05, 0.1) is 13.0 Å². The zero-order valence-electron chi connectivity index (χ0n) is 10.7. The van der Waals surface area contributed by atoms with E-state index >= 15 is 0 Å². The van der Waals surface area contributed by atoms with Gasteiger partial charge in [-0.2, -0.15) is 0 Å². The smallest absolute Gasteiger partial charge is 0.410 e. The molecule has 2 bridgehead atoms. The van der Waals surface area contributed by atoms with Gasteiger partial charge in [0, 0.05) is 12.6 Å². The van der Waals surface area contributed by atoms with Crippen LogP contribution in [0.3, 0.4) is 0 Å². The molecule has 5 heteroatoms. The van der Waals surface area contributed by atoms with Crippen molar-refractivity contribution in [2.24, 2.45) is 11.8 Å². The molecule has 96 valence electrons. The first kappa shape index (κ1) is 12.2. The molecule has 2 saturated heterocycles. The van der Waals surface area contributed by atoms with Crippen LogP contribution in [0.1, 0.15) is 27.2 Å². The van der Waals surface area contributed by atoms with Gasteiger partial charge in [-0.1, -0.05) is 0 Å². The minimum absolute atomic E-state index is 0.0256. The van der Waals surface area contributed by atoms with E-state index in [2.05, 4.69) is 0 Å². The van der Waals surface area contributed by atoms with Gasteiger partial charge in [0.1, 0.15) is 5.60 Å². The second-order valence-corrected chi connectivity index (χ2v) is 5.74. The molecule has 1 saturated carbocycles. The second kappa shape index (κ2) is 3.89. The van der Waals surface area contributed by atoms with Crippen LogP contribution in [0.25, 0.3) is 0 Å². The Morgan fingerprint density at radius 1 is 1.29 bits per heavy atom. The normalized spacial score (nSPS) is 30.8. The lowest BCUT2D eigenvalue weighted by Crippen LogP contribution is -2.46. The highest BCUT2D eigenvalue weighted by atomic mass is 16.6. The zero-order chi connectivity index (χ0) is 12.8. The van der Waals surface area contributed by atoms with Crippen molar-refractivity contribution in [3.8, 4) is 0 Å². The Hall–Kier alpha value is -1.26. The molecule has 3 fully saturated rings. The number of amides is 1. The molecular weight excluding hydrogens is 222 g/mol. The molecule has 2 heterocycles. The maximum atomic E-state index is 11.9. The van der Waals surface area contributed by atoms with Crippen molar-refractivity contribution in [3.63, 3.8) is 0 Å². The highest BCUT2D eigenvalue weighted by Crippen LogP contribution is 2.47. The summed E-state index contributed by atoms with van der Waals surface area (Å²) in [5, 5.41) is 0. The fourth-order valence-electron chi connectivity index (χ4n) is 2.64. The van der Waals surface area contributed by atoms with Crippen molar-refractivity contribution in [2.75, 3.05) is 13.7 Å². The van der Waals surface area contributed by atoms with Crippen LogP contribution in [0.2, 0.25) is 0 Å². The fraction of sp³-hybridized carbons (Fsp3) is 0.833. The first-order valence-electron chi connectivity index (χ1n) is 5.91. The van der Waals surface area contributed by atoms with Crippen molar-refractivity contribution in [2.45, 2.75) is 38.8 Å². The lowest BCUT2D eigenvalue weighted by Gasteiger charge is -2.34. The summed E-state index contributed by atoms with van der Waals surface area (Å²) in [6.45, 7) is 6.12. The number of nitrogens with zero attached hydrogens (tertiary/aromatic N) is 1. The number of hydrogen-bond acceptors (Lipinski definition) is 4. The van der Waals surface area contributed by atoms with E-state index < -0.39 is 5.60 Å². The zero-order valence-corrected chi connectivity index (χ0v) is 10.7. The van der Waals surface area contributed by atoms with Crippen LogP contribution in [0.15, 0.2) is 0 Å². The van der Waals surface area contributed by atoms with Crippen LogP contribution in [-0.2, 0) is 14.3 Å². The first-order valence-corrected chi connectivity index (χ1v) is 5.91. The average molecular weight is 241 g/mol. The molecule has 0 N–H and O–H groups in total. The van der Waals surface area contributed by atoms with Crippen LogP contribution >= 0.6 is 0 Å². The Morgan fingerprint density at radius 3 is 2.47 bits per heavy atom. The van der Waals surface area contributed by atoms with E-state index in [-0.39, 0.29) is 29.9 Å². The summed E-state index contributed by atoms with van der Waals surface area (Å²) in [5.74, 6) is -0.107. The van der Waals surface area contributed by atoms with E-state index in [0.29, 0.717) is 6.54 Å². The molecule has 3 aliphatic rings. The van der Waals surface area contributed by atoms with Gasteiger partial charge in [-0.25, -0.2) is 4.79 Å². The molecule has 0 aromatic carbocycles. The van der Waals surface area contributed by atoms with E-state index in [0.717, 1.165) is 6.42 Å². The second-order valence-electron chi connectivity index (χ2n) is 5.74. The summed E-state index contributed by atoms with van der Waals surface area (Å²) in [4.78, 5) is 25.1. The molecule has 0 spiro atoms. The predicted molar refractivity (Wildman–Crippen MR) is 60.3 cm³/mol. The molecule has 3 rings (SSSR count). The number of hydrogen-bond donors (Lipinski definition) is 0. The number of esters is 1.